The van der Waals surface area contributed by atoms with Crippen molar-refractivity contribution in [1.29, 1.82) is 0 Å². The maximum atomic E-state index is 12.4. The second-order valence-corrected chi connectivity index (χ2v) is 8.02. The van der Waals surface area contributed by atoms with E-state index in [0.717, 1.165) is 18.7 Å². The Hall–Kier alpha value is -2.00. The molecule has 0 bridgehead atoms. The number of rotatable bonds is 8. The maximum absolute atomic E-state index is 12.4. The van der Waals surface area contributed by atoms with E-state index in [-0.39, 0.29) is 43.0 Å². The number of hydrogen-bond donors (Lipinski definition) is 3. The topological polar surface area (TPSA) is 100 Å². The minimum atomic E-state index is -0.503. The number of aliphatic hydroxyl groups is 1. The summed E-state index contributed by atoms with van der Waals surface area (Å²) in [6.45, 7) is 4.86. The normalized spacial score (nSPS) is 26.0. The van der Waals surface area contributed by atoms with Crippen LogP contribution < -0.4 is 10.6 Å². The Labute approximate surface area is 177 Å². The molecule has 4 atom stereocenters. The number of amides is 2. The van der Waals surface area contributed by atoms with Crippen molar-refractivity contribution in [3.8, 4) is 0 Å². The molecule has 30 heavy (non-hydrogen) atoms. The number of benzene rings is 1. The molecule has 2 aliphatic heterocycles. The van der Waals surface area contributed by atoms with Crippen LogP contribution in [0.5, 0.6) is 0 Å². The number of nitrogens with zero attached hydrogens (tertiary/aromatic N) is 1. The van der Waals surface area contributed by atoms with Crippen LogP contribution in [0.15, 0.2) is 30.3 Å². The molecule has 2 heterocycles. The van der Waals surface area contributed by atoms with Gasteiger partial charge in [0.05, 0.1) is 51.0 Å². The highest BCUT2D eigenvalue weighted by molar-refractivity contribution is 5.78. The van der Waals surface area contributed by atoms with Crippen LogP contribution in [0, 0.1) is 0 Å². The first-order valence-corrected chi connectivity index (χ1v) is 10.7. The first kappa shape index (κ1) is 22.7. The molecule has 0 radical (unpaired) electrons. The van der Waals surface area contributed by atoms with Crippen molar-refractivity contribution in [3.05, 3.63) is 35.9 Å². The zero-order valence-corrected chi connectivity index (χ0v) is 17.6. The fraction of sp³-hybridized carbons (Fsp3) is 0.636. The predicted octanol–water partition coefficient (Wildman–Crippen LogP) is 0.611. The molecule has 0 unspecified atom stereocenters. The molecular formula is C22H33N3O5. The molecule has 2 aliphatic rings. The molecule has 2 amide bonds. The monoisotopic (exact) mass is 419 g/mol. The largest absolute Gasteiger partial charge is 0.394 e. The summed E-state index contributed by atoms with van der Waals surface area (Å²) in [6, 6.07) is 9.47. The van der Waals surface area contributed by atoms with Crippen molar-refractivity contribution < 1.29 is 24.2 Å². The Kier molecular flexibility index (Phi) is 8.62. The highest BCUT2D eigenvalue weighted by Crippen LogP contribution is 2.22. The first-order chi connectivity index (χ1) is 14.5. The molecule has 2 saturated heterocycles. The van der Waals surface area contributed by atoms with E-state index in [0.29, 0.717) is 32.6 Å². The highest BCUT2D eigenvalue weighted by Gasteiger charge is 2.33. The summed E-state index contributed by atoms with van der Waals surface area (Å²) < 4.78 is 11.2. The van der Waals surface area contributed by atoms with E-state index in [9.17, 15) is 14.7 Å². The van der Waals surface area contributed by atoms with E-state index in [1.54, 1.807) is 0 Å². The van der Waals surface area contributed by atoms with Crippen LogP contribution in [-0.4, -0.2) is 79.5 Å². The molecule has 0 saturated carbocycles. The standard InChI is InChI=1S/C22H33N3O5/c1-16(17-5-3-2-4-6-17)23-21(27)13-18-7-8-19(20(15-26)30-18)24-22(28)14-25-9-11-29-12-10-25/h2-6,16,18-20,26H,7-15H2,1H3,(H,23,27)(H,24,28)/t16-,18-,19-,20-/m1/s1. The third kappa shape index (κ3) is 6.77. The number of morpholine rings is 1. The summed E-state index contributed by atoms with van der Waals surface area (Å²) >= 11 is 0. The zero-order chi connectivity index (χ0) is 21.3. The summed E-state index contributed by atoms with van der Waals surface area (Å²) in [5.41, 5.74) is 1.05. The van der Waals surface area contributed by atoms with Crippen LogP contribution in [-0.2, 0) is 19.1 Å². The van der Waals surface area contributed by atoms with E-state index in [2.05, 4.69) is 15.5 Å². The number of hydrogen-bond acceptors (Lipinski definition) is 6. The third-order valence-electron chi connectivity index (χ3n) is 5.70. The quantitative estimate of drug-likeness (QED) is 0.571. The van der Waals surface area contributed by atoms with E-state index in [1.165, 1.54) is 0 Å². The van der Waals surface area contributed by atoms with Crippen molar-refractivity contribution in [2.24, 2.45) is 0 Å². The van der Waals surface area contributed by atoms with E-state index < -0.39 is 6.10 Å². The molecule has 3 rings (SSSR count). The molecule has 3 N–H and O–H groups in total. The number of nitrogens with one attached hydrogen (secondary N) is 2. The lowest BCUT2D eigenvalue weighted by atomic mass is 9.96. The molecule has 1 aromatic carbocycles. The van der Waals surface area contributed by atoms with Crippen LogP contribution in [0.2, 0.25) is 0 Å². The summed E-state index contributed by atoms with van der Waals surface area (Å²) in [6.07, 6.45) is 0.801. The lowest BCUT2D eigenvalue weighted by Gasteiger charge is -2.36. The van der Waals surface area contributed by atoms with Gasteiger partial charge >= 0.3 is 0 Å². The average Bonchev–Trinajstić information content (AvgIpc) is 2.76. The van der Waals surface area contributed by atoms with Gasteiger partial charge in [0, 0.05) is 13.1 Å². The van der Waals surface area contributed by atoms with E-state index >= 15 is 0 Å². The van der Waals surface area contributed by atoms with Gasteiger partial charge in [-0.1, -0.05) is 30.3 Å². The van der Waals surface area contributed by atoms with Gasteiger partial charge < -0.3 is 25.2 Å². The minimum Gasteiger partial charge on any atom is -0.394 e. The molecule has 0 spiro atoms. The van der Waals surface area contributed by atoms with Crippen LogP contribution in [0.25, 0.3) is 0 Å². The van der Waals surface area contributed by atoms with E-state index in [4.69, 9.17) is 9.47 Å². The van der Waals surface area contributed by atoms with Gasteiger partial charge in [-0.25, -0.2) is 0 Å². The fourth-order valence-corrected chi connectivity index (χ4v) is 3.99. The average molecular weight is 420 g/mol. The number of ether oxygens (including phenoxy) is 2. The predicted molar refractivity (Wildman–Crippen MR) is 112 cm³/mol. The van der Waals surface area contributed by atoms with Gasteiger partial charge in [-0.2, -0.15) is 0 Å². The van der Waals surface area contributed by atoms with E-state index in [1.807, 2.05) is 37.3 Å². The fourth-order valence-electron chi connectivity index (χ4n) is 3.99. The first-order valence-electron chi connectivity index (χ1n) is 10.7. The van der Waals surface area contributed by atoms with Crippen LogP contribution in [0.4, 0.5) is 0 Å². The van der Waals surface area contributed by atoms with Gasteiger partial charge in [0.2, 0.25) is 11.8 Å². The SMILES string of the molecule is C[C@@H](NC(=O)C[C@H]1CC[C@@H](NC(=O)CN2CCOCC2)[C@@H](CO)O1)c1ccccc1. The number of carbonyl (C=O) groups excluding carboxylic acids is 2. The molecular weight excluding hydrogens is 386 g/mol. The van der Waals surface area contributed by atoms with Gasteiger partial charge in [0.25, 0.3) is 0 Å². The summed E-state index contributed by atoms with van der Waals surface area (Å²) in [4.78, 5) is 26.8. The van der Waals surface area contributed by atoms with Crippen molar-refractivity contribution in [3.63, 3.8) is 0 Å². The molecule has 1 aromatic rings. The Bertz CT molecular complexity index is 681. The Morgan fingerprint density at radius 1 is 1.17 bits per heavy atom. The van der Waals surface area contributed by atoms with Gasteiger partial charge in [-0.3, -0.25) is 14.5 Å². The number of aliphatic hydroxyl groups excluding tert-OH is 1. The summed E-state index contributed by atoms with van der Waals surface area (Å²) in [7, 11) is 0. The molecule has 0 aliphatic carbocycles. The Balaban J connectivity index is 1.43. The van der Waals surface area contributed by atoms with Gasteiger partial charge in [-0.15, -0.1) is 0 Å². The Morgan fingerprint density at radius 3 is 2.60 bits per heavy atom. The van der Waals surface area contributed by atoms with Gasteiger partial charge in [0.1, 0.15) is 6.10 Å². The second kappa shape index (κ2) is 11.4. The lowest BCUT2D eigenvalue weighted by molar-refractivity contribution is -0.137. The van der Waals surface area contributed by atoms with Crippen LogP contribution in [0.3, 0.4) is 0 Å². The van der Waals surface area contributed by atoms with Gasteiger partial charge in [-0.05, 0) is 25.3 Å². The second-order valence-electron chi connectivity index (χ2n) is 8.02. The van der Waals surface area contributed by atoms with Crippen molar-refractivity contribution in [2.45, 2.75) is 50.5 Å². The molecule has 166 valence electrons. The minimum absolute atomic E-state index is 0.0724. The van der Waals surface area contributed by atoms with Crippen molar-refractivity contribution in [1.82, 2.24) is 15.5 Å². The van der Waals surface area contributed by atoms with Crippen molar-refractivity contribution in [2.75, 3.05) is 39.5 Å². The molecule has 8 heteroatoms. The summed E-state index contributed by atoms with van der Waals surface area (Å²) in [5, 5.41) is 15.7. The van der Waals surface area contributed by atoms with Gasteiger partial charge in [0.15, 0.2) is 0 Å². The zero-order valence-electron chi connectivity index (χ0n) is 17.6. The Morgan fingerprint density at radius 2 is 1.90 bits per heavy atom. The third-order valence-corrected chi connectivity index (χ3v) is 5.70. The maximum Gasteiger partial charge on any atom is 0.234 e. The van der Waals surface area contributed by atoms with Crippen LogP contribution in [0.1, 0.15) is 37.8 Å². The van der Waals surface area contributed by atoms with Crippen LogP contribution >= 0.6 is 0 Å². The highest BCUT2D eigenvalue weighted by atomic mass is 16.5. The lowest BCUT2D eigenvalue weighted by Crippen LogP contribution is -2.53. The summed E-state index contributed by atoms with van der Waals surface area (Å²) in [5.74, 6) is -0.153. The number of carbonyl (C=O) groups is 2. The smallest absolute Gasteiger partial charge is 0.234 e. The molecule has 0 aromatic heterocycles. The molecule has 2 fully saturated rings. The molecule has 8 nitrogen and oxygen atoms in total. The van der Waals surface area contributed by atoms with Crippen molar-refractivity contribution >= 4 is 11.8 Å².